The molecule has 1 fully saturated rings. The molecule has 0 aromatic heterocycles. The number of hydrogen-bond donors (Lipinski definition) is 1. The largest absolute Gasteiger partial charge is 0.487 e. The molecule has 0 saturated heterocycles. The second kappa shape index (κ2) is 3.20. The Labute approximate surface area is 94.6 Å². The van der Waals surface area contributed by atoms with Crippen molar-refractivity contribution >= 4 is 0 Å². The SMILES string of the molecule is CC1CC2(C1)CC(N)c1cc(F)ccc1O2. The van der Waals surface area contributed by atoms with Gasteiger partial charge in [0.25, 0.3) is 0 Å². The number of rotatable bonds is 0. The maximum atomic E-state index is 13.1. The lowest BCUT2D eigenvalue weighted by molar-refractivity contribution is -0.0658. The zero-order chi connectivity index (χ0) is 11.3. The smallest absolute Gasteiger partial charge is 0.125 e. The lowest BCUT2D eigenvalue weighted by Gasteiger charge is -2.50. The summed E-state index contributed by atoms with van der Waals surface area (Å²) < 4.78 is 19.1. The number of benzene rings is 1. The van der Waals surface area contributed by atoms with Gasteiger partial charge in [-0.05, 0) is 37.0 Å². The molecule has 2 N–H and O–H groups in total. The van der Waals surface area contributed by atoms with E-state index >= 15 is 0 Å². The molecule has 1 aromatic rings. The van der Waals surface area contributed by atoms with Crippen LogP contribution >= 0.6 is 0 Å². The summed E-state index contributed by atoms with van der Waals surface area (Å²) in [4.78, 5) is 0. The van der Waals surface area contributed by atoms with Crippen molar-refractivity contribution in [2.75, 3.05) is 0 Å². The number of ether oxygens (including phenoxy) is 1. The van der Waals surface area contributed by atoms with Gasteiger partial charge in [-0.1, -0.05) is 6.92 Å². The topological polar surface area (TPSA) is 35.2 Å². The third-order valence-electron chi connectivity index (χ3n) is 3.73. The van der Waals surface area contributed by atoms with Gasteiger partial charge in [0.2, 0.25) is 0 Å². The zero-order valence-corrected chi connectivity index (χ0v) is 9.37. The van der Waals surface area contributed by atoms with E-state index in [0.717, 1.165) is 30.6 Å². The molecule has 2 nitrogen and oxygen atoms in total. The summed E-state index contributed by atoms with van der Waals surface area (Å²) in [6, 6.07) is 4.54. The van der Waals surface area contributed by atoms with Crippen molar-refractivity contribution in [2.45, 2.75) is 37.8 Å². The highest BCUT2D eigenvalue weighted by atomic mass is 19.1. The zero-order valence-electron chi connectivity index (χ0n) is 9.37. The summed E-state index contributed by atoms with van der Waals surface area (Å²) in [7, 11) is 0. The molecule has 16 heavy (non-hydrogen) atoms. The number of halogens is 1. The minimum absolute atomic E-state index is 0.0658. The van der Waals surface area contributed by atoms with Crippen molar-refractivity contribution in [3.8, 4) is 5.75 Å². The van der Waals surface area contributed by atoms with Crippen molar-refractivity contribution in [3.05, 3.63) is 29.6 Å². The van der Waals surface area contributed by atoms with E-state index in [9.17, 15) is 4.39 Å². The summed E-state index contributed by atoms with van der Waals surface area (Å²) in [5.41, 5.74) is 6.84. The van der Waals surface area contributed by atoms with Crippen LogP contribution in [0.15, 0.2) is 18.2 Å². The molecule has 2 aliphatic rings. The normalized spacial score (nSPS) is 36.4. The Kier molecular flexibility index (Phi) is 2.02. The Morgan fingerprint density at radius 2 is 2.12 bits per heavy atom. The molecule has 1 spiro atoms. The third-order valence-corrected chi connectivity index (χ3v) is 3.73. The lowest BCUT2D eigenvalue weighted by Crippen LogP contribution is -2.52. The first-order chi connectivity index (χ1) is 7.58. The van der Waals surface area contributed by atoms with Gasteiger partial charge in [-0.3, -0.25) is 0 Å². The molecule has 1 atom stereocenters. The summed E-state index contributed by atoms with van der Waals surface area (Å²) in [5, 5.41) is 0. The predicted octanol–water partition coefficient (Wildman–Crippen LogP) is 2.78. The van der Waals surface area contributed by atoms with Crippen LogP contribution in [0.2, 0.25) is 0 Å². The van der Waals surface area contributed by atoms with E-state index < -0.39 is 0 Å². The van der Waals surface area contributed by atoms with E-state index in [2.05, 4.69) is 6.92 Å². The molecule has 0 radical (unpaired) electrons. The van der Waals surface area contributed by atoms with Crippen LogP contribution in [0, 0.1) is 11.7 Å². The quantitative estimate of drug-likeness (QED) is 0.731. The van der Waals surface area contributed by atoms with Crippen LogP contribution in [0.1, 0.15) is 37.8 Å². The van der Waals surface area contributed by atoms with Gasteiger partial charge in [-0.25, -0.2) is 4.39 Å². The van der Waals surface area contributed by atoms with Gasteiger partial charge in [0.05, 0.1) is 0 Å². The average Bonchev–Trinajstić information content (AvgIpc) is 2.17. The van der Waals surface area contributed by atoms with Gasteiger partial charge in [-0.15, -0.1) is 0 Å². The van der Waals surface area contributed by atoms with Crippen LogP contribution in [0.25, 0.3) is 0 Å². The van der Waals surface area contributed by atoms with Gasteiger partial charge in [0.1, 0.15) is 17.2 Å². The van der Waals surface area contributed by atoms with Crippen molar-refractivity contribution in [2.24, 2.45) is 11.7 Å². The van der Waals surface area contributed by atoms with E-state index in [4.69, 9.17) is 10.5 Å². The minimum Gasteiger partial charge on any atom is -0.487 e. The molecule has 0 bridgehead atoms. The van der Waals surface area contributed by atoms with Gasteiger partial charge >= 0.3 is 0 Å². The fourth-order valence-corrected chi connectivity index (χ4v) is 3.15. The van der Waals surface area contributed by atoms with Crippen molar-refractivity contribution in [3.63, 3.8) is 0 Å². The first kappa shape index (κ1) is 10.1. The van der Waals surface area contributed by atoms with Crippen molar-refractivity contribution < 1.29 is 9.13 Å². The fourth-order valence-electron chi connectivity index (χ4n) is 3.15. The molecule has 1 unspecified atom stereocenters. The van der Waals surface area contributed by atoms with Gasteiger partial charge in [0, 0.05) is 18.0 Å². The lowest BCUT2D eigenvalue weighted by atomic mass is 9.67. The average molecular weight is 221 g/mol. The molecular formula is C13H16FNO. The van der Waals surface area contributed by atoms with Crippen LogP contribution < -0.4 is 10.5 Å². The first-order valence-electron chi connectivity index (χ1n) is 5.82. The third kappa shape index (κ3) is 1.42. The molecule has 0 amide bonds. The molecule has 1 saturated carbocycles. The Bertz CT molecular complexity index is 426. The minimum atomic E-state index is -0.240. The molecule has 3 heteroatoms. The highest BCUT2D eigenvalue weighted by molar-refractivity contribution is 5.39. The second-order valence-corrected chi connectivity index (χ2v) is 5.29. The summed E-state index contributed by atoms with van der Waals surface area (Å²) >= 11 is 0. The Morgan fingerprint density at radius 1 is 1.38 bits per heavy atom. The number of nitrogens with two attached hydrogens (primary N) is 1. The second-order valence-electron chi connectivity index (χ2n) is 5.29. The van der Waals surface area contributed by atoms with E-state index in [1.807, 2.05) is 0 Å². The summed E-state index contributed by atoms with van der Waals surface area (Å²) in [5.74, 6) is 1.25. The molecular weight excluding hydrogens is 205 g/mol. The van der Waals surface area contributed by atoms with Gasteiger partial charge in [-0.2, -0.15) is 0 Å². The van der Waals surface area contributed by atoms with Crippen molar-refractivity contribution in [1.29, 1.82) is 0 Å². The standard InChI is InChI=1S/C13H16FNO/c1-8-5-13(6-8)7-11(15)10-4-9(14)2-3-12(10)16-13/h2-4,8,11H,5-7,15H2,1H3. The van der Waals surface area contributed by atoms with E-state index in [-0.39, 0.29) is 17.5 Å². The predicted molar refractivity (Wildman–Crippen MR) is 59.7 cm³/mol. The summed E-state index contributed by atoms with van der Waals surface area (Å²) in [6.45, 7) is 2.22. The van der Waals surface area contributed by atoms with Crippen LogP contribution in [-0.4, -0.2) is 5.60 Å². The number of hydrogen-bond acceptors (Lipinski definition) is 2. The fraction of sp³-hybridized carbons (Fsp3) is 0.538. The molecule has 86 valence electrons. The molecule has 3 rings (SSSR count). The maximum absolute atomic E-state index is 13.1. The van der Waals surface area contributed by atoms with Crippen LogP contribution in [0.3, 0.4) is 0 Å². The highest BCUT2D eigenvalue weighted by Gasteiger charge is 2.48. The van der Waals surface area contributed by atoms with E-state index in [1.54, 1.807) is 6.07 Å². The summed E-state index contributed by atoms with van der Waals surface area (Å²) in [6.07, 6.45) is 2.95. The van der Waals surface area contributed by atoms with E-state index in [0.29, 0.717) is 5.92 Å². The van der Waals surface area contributed by atoms with Crippen LogP contribution in [0.5, 0.6) is 5.75 Å². The van der Waals surface area contributed by atoms with E-state index in [1.165, 1.54) is 12.1 Å². The van der Waals surface area contributed by atoms with Gasteiger partial charge in [0.15, 0.2) is 0 Å². The Hall–Kier alpha value is -1.09. The number of fused-ring (bicyclic) bond motifs is 1. The van der Waals surface area contributed by atoms with Crippen molar-refractivity contribution in [1.82, 2.24) is 0 Å². The van der Waals surface area contributed by atoms with Gasteiger partial charge < -0.3 is 10.5 Å². The maximum Gasteiger partial charge on any atom is 0.125 e. The van der Waals surface area contributed by atoms with Crippen LogP contribution in [0.4, 0.5) is 4.39 Å². The molecule has 1 aromatic carbocycles. The highest BCUT2D eigenvalue weighted by Crippen LogP contribution is 2.50. The monoisotopic (exact) mass is 221 g/mol. The Morgan fingerprint density at radius 3 is 2.81 bits per heavy atom. The van der Waals surface area contributed by atoms with Crippen LogP contribution in [-0.2, 0) is 0 Å². The molecule has 1 aliphatic carbocycles. The first-order valence-corrected chi connectivity index (χ1v) is 5.82. The molecule has 1 heterocycles. The molecule has 1 aliphatic heterocycles. The Balaban J connectivity index is 1.94.